The molecule has 2 atom stereocenters. The predicted molar refractivity (Wildman–Crippen MR) is 158 cm³/mol. The van der Waals surface area contributed by atoms with Gasteiger partial charge < -0.3 is 25.8 Å². The smallest absolute Gasteiger partial charge is 0.387 e. The van der Waals surface area contributed by atoms with Gasteiger partial charge in [-0.3, -0.25) is 14.5 Å². The summed E-state index contributed by atoms with van der Waals surface area (Å²) in [6, 6.07) is 21.2. The number of rotatable bonds is 9. The molecule has 2 saturated heterocycles. The number of anilines is 3. The SMILES string of the molecule is Nc1ccccc1NC(=O)C=Cc1ccc(C2CN(C3CCOCC3)CC2C(=O)Nc2cccc(OC(F)F)c2)cc1. The number of carbonyl (C=O) groups excluding carboxylic acids is 2. The number of hydrogen-bond acceptors (Lipinski definition) is 6. The zero-order valence-electron chi connectivity index (χ0n) is 23.0. The molecule has 10 heteroatoms. The van der Waals surface area contributed by atoms with Gasteiger partial charge >= 0.3 is 6.61 Å². The lowest BCUT2D eigenvalue weighted by Crippen LogP contribution is -2.38. The van der Waals surface area contributed by atoms with Gasteiger partial charge in [-0.15, -0.1) is 0 Å². The van der Waals surface area contributed by atoms with Crippen LogP contribution in [-0.2, 0) is 14.3 Å². The molecule has 3 aromatic rings. The van der Waals surface area contributed by atoms with E-state index in [0.717, 1.165) is 24.0 Å². The number of likely N-dealkylation sites (tertiary alicyclic amines) is 1. The Labute approximate surface area is 243 Å². The van der Waals surface area contributed by atoms with E-state index in [9.17, 15) is 18.4 Å². The Morgan fingerprint density at radius 3 is 2.48 bits per heavy atom. The first kappa shape index (κ1) is 29.2. The first-order valence-corrected chi connectivity index (χ1v) is 14.0. The van der Waals surface area contributed by atoms with Gasteiger partial charge in [0, 0.05) is 56.1 Å². The highest BCUT2D eigenvalue weighted by Crippen LogP contribution is 2.36. The fourth-order valence-corrected chi connectivity index (χ4v) is 5.58. The van der Waals surface area contributed by atoms with E-state index < -0.39 is 6.61 Å². The fourth-order valence-electron chi connectivity index (χ4n) is 5.58. The highest BCUT2D eigenvalue weighted by molar-refractivity contribution is 6.03. The highest BCUT2D eigenvalue weighted by Gasteiger charge is 2.41. The lowest BCUT2D eigenvalue weighted by Gasteiger charge is -2.31. The molecule has 2 aliphatic rings. The summed E-state index contributed by atoms with van der Waals surface area (Å²) < 4.78 is 35.4. The van der Waals surface area contributed by atoms with E-state index in [1.165, 1.54) is 18.2 Å². The number of alkyl halides is 2. The van der Waals surface area contributed by atoms with Crippen LogP contribution in [0, 0.1) is 5.92 Å². The van der Waals surface area contributed by atoms with Crippen molar-refractivity contribution >= 4 is 35.0 Å². The van der Waals surface area contributed by atoms with Crippen molar-refractivity contribution in [2.75, 3.05) is 42.7 Å². The van der Waals surface area contributed by atoms with Crippen LogP contribution in [0.5, 0.6) is 5.75 Å². The van der Waals surface area contributed by atoms with Crippen LogP contribution >= 0.6 is 0 Å². The number of hydrogen-bond donors (Lipinski definition) is 3. The largest absolute Gasteiger partial charge is 0.435 e. The summed E-state index contributed by atoms with van der Waals surface area (Å²) in [7, 11) is 0. The molecular formula is C32H34F2N4O4. The van der Waals surface area contributed by atoms with E-state index in [-0.39, 0.29) is 29.4 Å². The summed E-state index contributed by atoms with van der Waals surface area (Å²) in [6.45, 7) is -0.249. The molecule has 0 bridgehead atoms. The van der Waals surface area contributed by atoms with Crippen LogP contribution in [0.1, 0.15) is 29.9 Å². The van der Waals surface area contributed by atoms with Crippen LogP contribution in [0.25, 0.3) is 6.08 Å². The van der Waals surface area contributed by atoms with Crippen molar-refractivity contribution in [3.8, 4) is 5.75 Å². The standard InChI is InChI=1S/C32H34F2N4O4/c33-32(34)42-25-5-3-4-23(18-25)36-31(40)27-20-38(24-14-16-41-17-15-24)19-26(27)22-11-8-21(9-12-22)10-13-30(39)37-29-7-2-1-6-28(29)35/h1-13,18,24,26-27,32H,14-17,19-20,35H2,(H,36,40)(H,37,39). The van der Waals surface area contributed by atoms with Gasteiger partial charge in [0.05, 0.1) is 17.3 Å². The Morgan fingerprint density at radius 2 is 1.74 bits per heavy atom. The number of halogens is 2. The van der Waals surface area contributed by atoms with Gasteiger partial charge in [0.25, 0.3) is 0 Å². The predicted octanol–water partition coefficient (Wildman–Crippen LogP) is 5.36. The Kier molecular flexibility index (Phi) is 9.45. The molecular weight excluding hydrogens is 542 g/mol. The normalized spacial score (nSPS) is 19.7. The number of ether oxygens (including phenoxy) is 2. The summed E-state index contributed by atoms with van der Waals surface area (Å²) in [5.41, 5.74) is 9.19. The molecule has 2 heterocycles. The van der Waals surface area contributed by atoms with Gasteiger partial charge in [-0.1, -0.05) is 42.5 Å². The van der Waals surface area contributed by atoms with Crippen molar-refractivity contribution in [3.05, 3.63) is 90.0 Å². The summed E-state index contributed by atoms with van der Waals surface area (Å²) in [6.07, 6.45) is 4.99. The first-order valence-electron chi connectivity index (χ1n) is 14.0. The number of nitrogens with one attached hydrogen (secondary N) is 2. The van der Waals surface area contributed by atoms with Crippen LogP contribution in [0.4, 0.5) is 25.8 Å². The van der Waals surface area contributed by atoms with E-state index in [2.05, 4.69) is 20.3 Å². The Morgan fingerprint density at radius 1 is 0.976 bits per heavy atom. The first-order chi connectivity index (χ1) is 20.4. The maximum atomic E-state index is 13.6. The average Bonchev–Trinajstić information content (AvgIpc) is 3.44. The molecule has 0 aliphatic carbocycles. The van der Waals surface area contributed by atoms with E-state index in [4.69, 9.17) is 10.5 Å². The maximum Gasteiger partial charge on any atom is 0.387 e. The third kappa shape index (κ3) is 7.51. The van der Waals surface area contributed by atoms with Crippen molar-refractivity contribution in [3.63, 3.8) is 0 Å². The monoisotopic (exact) mass is 576 g/mol. The molecule has 3 aromatic carbocycles. The molecule has 8 nitrogen and oxygen atoms in total. The average molecular weight is 577 g/mol. The molecule has 5 rings (SSSR count). The van der Waals surface area contributed by atoms with E-state index in [0.29, 0.717) is 49.4 Å². The van der Waals surface area contributed by atoms with Gasteiger partial charge in [-0.05, 0) is 54.3 Å². The minimum Gasteiger partial charge on any atom is -0.435 e. The lowest BCUT2D eigenvalue weighted by molar-refractivity contribution is -0.120. The van der Waals surface area contributed by atoms with Crippen molar-refractivity contribution in [1.82, 2.24) is 4.90 Å². The molecule has 220 valence electrons. The molecule has 0 saturated carbocycles. The third-order valence-corrected chi connectivity index (χ3v) is 7.73. The second-order valence-corrected chi connectivity index (χ2v) is 10.5. The van der Waals surface area contributed by atoms with Crippen LogP contribution < -0.4 is 21.1 Å². The molecule has 2 amide bonds. The topological polar surface area (TPSA) is 106 Å². The molecule has 2 aliphatic heterocycles. The van der Waals surface area contributed by atoms with E-state index in [1.807, 2.05) is 24.3 Å². The van der Waals surface area contributed by atoms with E-state index in [1.54, 1.807) is 42.5 Å². The molecule has 0 radical (unpaired) electrons. The van der Waals surface area contributed by atoms with Crippen LogP contribution in [0.2, 0.25) is 0 Å². The summed E-state index contributed by atoms with van der Waals surface area (Å²) in [4.78, 5) is 28.3. The molecule has 2 fully saturated rings. The summed E-state index contributed by atoms with van der Waals surface area (Å²) in [5.74, 6) is -0.907. The second kappa shape index (κ2) is 13.6. The van der Waals surface area contributed by atoms with Crippen molar-refractivity contribution in [1.29, 1.82) is 0 Å². The zero-order valence-corrected chi connectivity index (χ0v) is 23.0. The minimum atomic E-state index is -2.95. The van der Waals surface area contributed by atoms with Gasteiger partial charge in [0.2, 0.25) is 11.8 Å². The zero-order chi connectivity index (χ0) is 29.5. The molecule has 2 unspecified atom stereocenters. The number of nitrogens with two attached hydrogens (primary N) is 1. The third-order valence-electron chi connectivity index (χ3n) is 7.73. The quantitative estimate of drug-likeness (QED) is 0.234. The van der Waals surface area contributed by atoms with E-state index >= 15 is 0 Å². The number of amides is 2. The summed E-state index contributed by atoms with van der Waals surface area (Å²) >= 11 is 0. The van der Waals surface area contributed by atoms with Crippen molar-refractivity contribution in [2.45, 2.75) is 31.4 Å². The van der Waals surface area contributed by atoms with Gasteiger partial charge in [-0.2, -0.15) is 8.78 Å². The number of para-hydroxylation sites is 2. The van der Waals surface area contributed by atoms with Crippen LogP contribution in [0.15, 0.2) is 78.9 Å². The Bertz CT molecular complexity index is 1410. The number of nitrogens with zero attached hydrogens (tertiary/aromatic N) is 1. The van der Waals surface area contributed by atoms with Crippen molar-refractivity contribution < 1.29 is 27.8 Å². The Hall–Kier alpha value is -4.28. The maximum absolute atomic E-state index is 13.6. The van der Waals surface area contributed by atoms with Gasteiger partial charge in [0.15, 0.2) is 0 Å². The number of carbonyl (C=O) groups is 2. The lowest BCUT2D eigenvalue weighted by atomic mass is 9.88. The minimum absolute atomic E-state index is 0.0147. The van der Waals surface area contributed by atoms with Crippen LogP contribution in [-0.4, -0.2) is 55.7 Å². The van der Waals surface area contributed by atoms with Gasteiger partial charge in [-0.25, -0.2) is 0 Å². The Balaban J connectivity index is 1.29. The van der Waals surface area contributed by atoms with Gasteiger partial charge in [0.1, 0.15) is 5.75 Å². The molecule has 42 heavy (non-hydrogen) atoms. The summed E-state index contributed by atoms with van der Waals surface area (Å²) in [5, 5.41) is 5.68. The molecule has 0 spiro atoms. The molecule has 4 N–H and O–H groups in total. The number of nitrogen functional groups attached to an aromatic ring is 1. The highest BCUT2D eigenvalue weighted by atomic mass is 19.3. The second-order valence-electron chi connectivity index (χ2n) is 10.5. The molecule has 0 aromatic heterocycles. The van der Waals surface area contributed by atoms with Crippen molar-refractivity contribution in [2.24, 2.45) is 5.92 Å². The number of benzene rings is 3. The fraction of sp³-hybridized carbons (Fsp3) is 0.312. The van der Waals surface area contributed by atoms with Crippen LogP contribution in [0.3, 0.4) is 0 Å².